The molecule has 0 aliphatic heterocycles. The van der Waals surface area contributed by atoms with Crippen LogP contribution in [-0.2, 0) is 10.2 Å². The van der Waals surface area contributed by atoms with Crippen LogP contribution in [-0.4, -0.2) is 25.6 Å². The van der Waals surface area contributed by atoms with E-state index in [1.54, 1.807) is 7.11 Å². The Bertz CT molecular complexity index is 568. The molecule has 1 atom stereocenters. The second-order valence-corrected chi connectivity index (χ2v) is 6.83. The van der Waals surface area contributed by atoms with Crippen LogP contribution in [0.1, 0.15) is 43.2 Å². The van der Waals surface area contributed by atoms with Gasteiger partial charge >= 0.3 is 0 Å². The zero-order valence-corrected chi connectivity index (χ0v) is 14.7. The van der Waals surface area contributed by atoms with E-state index in [1.807, 2.05) is 19.1 Å². The minimum absolute atomic E-state index is 0. The van der Waals surface area contributed by atoms with E-state index >= 15 is 0 Å². The average molecular weight is 339 g/mol. The summed E-state index contributed by atoms with van der Waals surface area (Å²) in [4.78, 5) is 12.8. The standard InChI is InChI=1S/C18H26N2O2.ClH/c1-12-4-7-14(10-16(12)22-2)18(8-3-9-18)17(21)20-11-15(19)13-5-6-13;/h4,7,10,13,15H,3,5-6,8-9,11,19H2,1-2H3,(H,20,21);1H. The predicted octanol–water partition coefficient (Wildman–Crippen LogP) is 2.70. The maximum Gasteiger partial charge on any atom is 0.230 e. The molecule has 4 nitrogen and oxygen atoms in total. The molecule has 1 unspecified atom stereocenters. The minimum Gasteiger partial charge on any atom is -0.496 e. The highest BCUT2D eigenvalue weighted by molar-refractivity contribution is 5.89. The van der Waals surface area contributed by atoms with Gasteiger partial charge in [-0.25, -0.2) is 0 Å². The molecule has 23 heavy (non-hydrogen) atoms. The molecule has 0 aromatic heterocycles. The molecule has 2 fully saturated rings. The molecule has 5 heteroatoms. The van der Waals surface area contributed by atoms with E-state index in [4.69, 9.17) is 10.5 Å². The van der Waals surface area contributed by atoms with E-state index in [2.05, 4.69) is 11.4 Å². The van der Waals surface area contributed by atoms with Crippen LogP contribution in [0.3, 0.4) is 0 Å². The minimum atomic E-state index is -0.385. The first-order chi connectivity index (χ1) is 10.6. The van der Waals surface area contributed by atoms with E-state index < -0.39 is 0 Å². The highest BCUT2D eigenvalue weighted by atomic mass is 35.5. The zero-order valence-electron chi connectivity index (χ0n) is 13.9. The summed E-state index contributed by atoms with van der Waals surface area (Å²) < 4.78 is 5.42. The molecule has 0 spiro atoms. The number of nitrogens with two attached hydrogens (primary N) is 1. The molecule has 1 amide bonds. The fourth-order valence-electron chi connectivity index (χ4n) is 3.37. The van der Waals surface area contributed by atoms with E-state index in [9.17, 15) is 4.79 Å². The van der Waals surface area contributed by atoms with Crippen molar-refractivity contribution in [1.29, 1.82) is 0 Å². The Morgan fingerprint density at radius 3 is 2.65 bits per heavy atom. The lowest BCUT2D eigenvalue weighted by atomic mass is 9.63. The fourth-order valence-corrected chi connectivity index (χ4v) is 3.37. The van der Waals surface area contributed by atoms with Crippen molar-refractivity contribution in [3.63, 3.8) is 0 Å². The first kappa shape index (κ1) is 18.1. The largest absolute Gasteiger partial charge is 0.496 e. The van der Waals surface area contributed by atoms with Gasteiger partial charge in [0.05, 0.1) is 12.5 Å². The van der Waals surface area contributed by atoms with Crippen LogP contribution in [0.2, 0.25) is 0 Å². The number of nitrogens with one attached hydrogen (secondary N) is 1. The van der Waals surface area contributed by atoms with Crippen molar-refractivity contribution < 1.29 is 9.53 Å². The molecule has 0 radical (unpaired) electrons. The maximum absolute atomic E-state index is 12.8. The van der Waals surface area contributed by atoms with Crippen molar-refractivity contribution in [2.45, 2.75) is 50.5 Å². The number of aryl methyl sites for hydroxylation is 1. The summed E-state index contributed by atoms with van der Waals surface area (Å²) in [7, 11) is 1.67. The van der Waals surface area contributed by atoms with Crippen LogP contribution in [0.4, 0.5) is 0 Å². The monoisotopic (exact) mass is 338 g/mol. The van der Waals surface area contributed by atoms with Crippen LogP contribution in [0.5, 0.6) is 5.75 Å². The van der Waals surface area contributed by atoms with Crippen LogP contribution in [0.25, 0.3) is 0 Å². The predicted molar refractivity (Wildman–Crippen MR) is 94.2 cm³/mol. The number of ether oxygens (including phenoxy) is 1. The van der Waals surface area contributed by atoms with E-state index in [0.29, 0.717) is 12.5 Å². The van der Waals surface area contributed by atoms with Crippen molar-refractivity contribution in [3.05, 3.63) is 29.3 Å². The Labute approximate surface area is 144 Å². The summed E-state index contributed by atoms with van der Waals surface area (Å²) in [5, 5.41) is 3.09. The van der Waals surface area contributed by atoms with Gasteiger partial charge < -0.3 is 15.8 Å². The third-order valence-corrected chi connectivity index (χ3v) is 5.33. The van der Waals surface area contributed by atoms with Crippen LogP contribution in [0, 0.1) is 12.8 Å². The van der Waals surface area contributed by atoms with Gasteiger partial charge in [-0.05, 0) is 55.7 Å². The molecule has 2 aliphatic carbocycles. The molecular formula is C18H27ClN2O2. The molecule has 2 aliphatic rings. The van der Waals surface area contributed by atoms with Gasteiger partial charge in [0.1, 0.15) is 5.75 Å². The second-order valence-electron chi connectivity index (χ2n) is 6.83. The SMILES string of the molecule is COc1cc(C2(C(=O)NCC(N)C3CC3)CCC2)ccc1C.Cl. The Balaban J connectivity index is 0.00000192. The third-order valence-electron chi connectivity index (χ3n) is 5.33. The average Bonchev–Trinajstić information content (AvgIpc) is 3.29. The normalized spacial score (nSPS) is 20.0. The van der Waals surface area contributed by atoms with Crippen molar-refractivity contribution >= 4 is 18.3 Å². The molecule has 0 heterocycles. The summed E-state index contributed by atoms with van der Waals surface area (Å²) in [5.74, 6) is 1.59. The van der Waals surface area contributed by atoms with Gasteiger partial charge in [-0.3, -0.25) is 4.79 Å². The van der Waals surface area contributed by atoms with E-state index in [1.165, 1.54) is 12.8 Å². The lowest BCUT2D eigenvalue weighted by Gasteiger charge is -2.41. The van der Waals surface area contributed by atoms with Gasteiger partial charge in [-0.1, -0.05) is 18.6 Å². The highest BCUT2D eigenvalue weighted by Crippen LogP contribution is 2.45. The van der Waals surface area contributed by atoms with Crippen molar-refractivity contribution in [1.82, 2.24) is 5.32 Å². The number of hydrogen-bond donors (Lipinski definition) is 2. The number of carbonyl (C=O) groups is 1. The molecular weight excluding hydrogens is 312 g/mol. The quantitative estimate of drug-likeness (QED) is 0.838. The van der Waals surface area contributed by atoms with Crippen molar-refractivity contribution in [2.75, 3.05) is 13.7 Å². The summed E-state index contributed by atoms with van der Waals surface area (Å²) in [6, 6.07) is 6.23. The van der Waals surface area contributed by atoms with Gasteiger partial charge in [-0.15, -0.1) is 12.4 Å². The molecule has 2 saturated carbocycles. The molecule has 1 aromatic carbocycles. The van der Waals surface area contributed by atoms with Crippen molar-refractivity contribution in [2.24, 2.45) is 11.7 Å². The number of carbonyl (C=O) groups excluding carboxylic acids is 1. The van der Waals surface area contributed by atoms with Gasteiger partial charge in [0.2, 0.25) is 5.91 Å². The molecule has 0 bridgehead atoms. The Morgan fingerprint density at radius 2 is 2.13 bits per heavy atom. The second kappa shape index (κ2) is 7.10. The summed E-state index contributed by atoms with van der Waals surface area (Å²) in [6.45, 7) is 2.61. The number of benzene rings is 1. The molecule has 0 saturated heterocycles. The number of halogens is 1. The first-order valence-electron chi connectivity index (χ1n) is 8.26. The summed E-state index contributed by atoms with van der Waals surface area (Å²) in [5.41, 5.74) is 7.88. The van der Waals surface area contributed by atoms with Crippen molar-refractivity contribution in [3.8, 4) is 5.75 Å². The van der Waals surface area contributed by atoms with Gasteiger partial charge in [0.25, 0.3) is 0 Å². The lowest BCUT2D eigenvalue weighted by molar-refractivity contribution is -0.130. The highest BCUT2D eigenvalue weighted by Gasteiger charge is 2.46. The van der Waals surface area contributed by atoms with Gasteiger partial charge in [-0.2, -0.15) is 0 Å². The topological polar surface area (TPSA) is 64.3 Å². The molecule has 3 N–H and O–H groups in total. The third kappa shape index (κ3) is 3.48. The Kier molecular flexibility index (Phi) is 5.58. The number of rotatable bonds is 6. The van der Waals surface area contributed by atoms with Gasteiger partial charge in [0, 0.05) is 12.6 Å². The molecule has 3 rings (SSSR count). The fraction of sp³-hybridized carbons (Fsp3) is 0.611. The Morgan fingerprint density at radius 1 is 1.43 bits per heavy atom. The lowest BCUT2D eigenvalue weighted by Crippen LogP contribution is -2.51. The zero-order chi connectivity index (χ0) is 15.7. The van der Waals surface area contributed by atoms with E-state index in [-0.39, 0.29) is 29.8 Å². The number of amides is 1. The van der Waals surface area contributed by atoms with Crippen LogP contribution >= 0.6 is 12.4 Å². The summed E-state index contributed by atoms with van der Waals surface area (Å²) >= 11 is 0. The maximum atomic E-state index is 12.8. The smallest absolute Gasteiger partial charge is 0.230 e. The van der Waals surface area contributed by atoms with E-state index in [0.717, 1.165) is 36.1 Å². The van der Waals surface area contributed by atoms with Crippen LogP contribution in [0.15, 0.2) is 18.2 Å². The number of methoxy groups -OCH3 is 1. The van der Waals surface area contributed by atoms with Gasteiger partial charge in [0.15, 0.2) is 0 Å². The first-order valence-corrected chi connectivity index (χ1v) is 8.26. The summed E-state index contributed by atoms with van der Waals surface area (Å²) in [6.07, 6.45) is 5.32. The molecule has 1 aromatic rings. The van der Waals surface area contributed by atoms with Crippen LogP contribution < -0.4 is 15.8 Å². The molecule has 128 valence electrons. The number of hydrogen-bond acceptors (Lipinski definition) is 3. The Hall–Kier alpha value is -1.26.